The molecule has 2 nitrogen and oxygen atoms in total. The molecule has 2 aromatic carbocycles. The average molecular weight is 285 g/mol. The standard InChI is InChI=1S/C17H13F2NO/c18-9-10-20-16(12-5-7-14(19)8-6-12)11-13-3-1-2-4-15(13)17(20)21/h1-8,11H,9-10H2. The van der Waals surface area contributed by atoms with Crippen LogP contribution in [0.15, 0.2) is 59.4 Å². The second-order valence-corrected chi connectivity index (χ2v) is 4.77. The zero-order valence-electron chi connectivity index (χ0n) is 11.2. The third-order valence-corrected chi connectivity index (χ3v) is 3.47. The lowest BCUT2D eigenvalue weighted by atomic mass is 10.1. The van der Waals surface area contributed by atoms with Gasteiger partial charge in [-0.3, -0.25) is 4.79 Å². The highest BCUT2D eigenvalue weighted by atomic mass is 19.1. The van der Waals surface area contributed by atoms with Crippen LogP contribution < -0.4 is 5.56 Å². The van der Waals surface area contributed by atoms with Gasteiger partial charge < -0.3 is 4.57 Å². The fraction of sp³-hybridized carbons (Fsp3) is 0.118. The number of hydrogen-bond donors (Lipinski definition) is 0. The summed E-state index contributed by atoms with van der Waals surface area (Å²) >= 11 is 0. The predicted molar refractivity (Wildman–Crippen MR) is 79.6 cm³/mol. The van der Waals surface area contributed by atoms with E-state index in [4.69, 9.17) is 0 Å². The van der Waals surface area contributed by atoms with Crippen molar-refractivity contribution in [3.63, 3.8) is 0 Å². The molecular weight excluding hydrogens is 272 g/mol. The van der Waals surface area contributed by atoms with Crippen LogP contribution in [-0.4, -0.2) is 11.2 Å². The number of aromatic nitrogens is 1. The van der Waals surface area contributed by atoms with Crippen molar-refractivity contribution in [2.45, 2.75) is 6.54 Å². The fourth-order valence-corrected chi connectivity index (χ4v) is 2.46. The van der Waals surface area contributed by atoms with E-state index < -0.39 is 6.67 Å². The van der Waals surface area contributed by atoms with E-state index in [0.29, 0.717) is 16.6 Å². The summed E-state index contributed by atoms with van der Waals surface area (Å²) in [6.07, 6.45) is 0. The molecular formula is C17H13F2NO. The highest BCUT2D eigenvalue weighted by molar-refractivity contribution is 5.85. The Morgan fingerprint density at radius 3 is 2.43 bits per heavy atom. The smallest absolute Gasteiger partial charge is 0.258 e. The monoisotopic (exact) mass is 285 g/mol. The van der Waals surface area contributed by atoms with Gasteiger partial charge in [-0.1, -0.05) is 18.2 Å². The highest BCUT2D eigenvalue weighted by Gasteiger charge is 2.10. The molecule has 0 saturated carbocycles. The topological polar surface area (TPSA) is 22.0 Å². The maximum Gasteiger partial charge on any atom is 0.258 e. The van der Waals surface area contributed by atoms with Crippen LogP contribution in [0, 0.1) is 5.82 Å². The summed E-state index contributed by atoms with van der Waals surface area (Å²) in [7, 11) is 0. The Hall–Kier alpha value is -2.49. The van der Waals surface area contributed by atoms with Gasteiger partial charge >= 0.3 is 0 Å². The van der Waals surface area contributed by atoms with E-state index in [1.54, 1.807) is 24.3 Å². The molecule has 0 amide bonds. The molecule has 0 atom stereocenters. The van der Waals surface area contributed by atoms with E-state index in [1.807, 2.05) is 18.2 Å². The molecule has 0 saturated heterocycles. The molecule has 1 aromatic heterocycles. The largest absolute Gasteiger partial charge is 0.305 e. The zero-order valence-corrected chi connectivity index (χ0v) is 11.2. The summed E-state index contributed by atoms with van der Waals surface area (Å²) < 4.78 is 27.3. The third kappa shape index (κ3) is 2.44. The first-order valence-electron chi connectivity index (χ1n) is 6.65. The Morgan fingerprint density at radius 1 is 1.00 bits per heavy atom. The lowest BCUT2D eigenvalue weighted by Gasteiger charge is -2.13. The van der Waals surface area contributed by atoms with Crippen LogP contribution in [-0.2, 0) is 6.54 Å². The van der Waals surface area contributed by atoms with Gasteiger partial charge in [-0.15, -0.1) is 0 Å². The number of alkyl halides is 1. The number of halogens is 2. The summed E-state index contributed by atoms with van der Waals surface area (Å²) in [5, 5.41) is 1.34. The van der Waals surface area contributed by atoms with Gasteiger partial charge in [0.15, 0.2) is 0 Å². The van der Waals surface area contributed by atoms with Gasteiger partial charge in [-0.2, -0.15) is 0 Å². The molecule has 0 fully saturated rings. The normalized spacial score (nSPS) is 11.0. The van der Waals surface area contributed by atoms with Crippen molar-refractivity contribution in [2.24, 2.45) is 0 Å². The van der Waals surface area contributed by atoms with E-state index in [2.05, 4.69) is 0 Å². The number of pyridine rings is 1. The molecule has 0 aliphatic carbocycles. The molecule has 1 heterocycles. The molecule has 106 valence electrons. The Bertz CT molecular complexity index is 838. The summed E-state index contributed by atoms with van der Waals surface area (Å²) in [6, 6.07) is 14.9. The van der Waals surface area contributed by atoms with Gasteiger partial charge in [-0.25, -0.2) is 8.78 Å². The van der Waals surface area contributed by atoms with E-state index >= 15 is 0 Å². The Labute approximate surface area is 120 Å². The fourth-order valence-electron chi connectivity index (χ4n) is 2.46. The molecule has 0 radical (unpaired) electrons. The van der Waals surface area contributed by atoms with Gasteiger partial charge in [0.2, 0.25) is 0 Å². The van der Waals surface area contributed by atoms with Gasteiger partial charge in [0.25, 0.3) is 5.56 Å². The van der Waals surface area contributed by atoms with Crippen LogP contribution in [0.1, 0.15) is 0 Å². The molecule has 3 rings (SSSR count). The maximum absolute atomic E-state index is 13.1. The summed E-state index contributed by atoms with van der Waals surface area (Å²) in [4.78, 5) is 12.5. The molecule has 0 unspecified atom stereocenters. The van der Waals surface area contributed by atoms with Crippen LogP contribution in [0.5, 0.6) is 0 Å². The predicted octanol–water partition coefficient (Wildman–Crippen LogP) is 3.78. The number of hydrogen-bond acceptors (Lipinski definition) is 1. The Kier molecular flexibility index (Phi) is 3.52. The molecule has 0 aliphatic rings. The van der Waals surface area contributed by atoms with E-state index in [9.17, 15) is 13.6 Å². The van der Waals surface area contributed by atoms with E-state index in [-0.39, 0.29) is 17.9 Å². The number of fused-ring (bicyclic) bond motifs is 1. The van der Waals surface area contributed by atoms with Crippen molar-refractivity contribution >= 4 is 10.8 Å². The maximum atomic E-state index is 13.1. The molecule has 0 bridgehead atoms. The lowest BCUT2D eigenvalue weighted by molar-refractivity contribution is 0.443. The summed E-state index contributed by atoms with van der Waals surface area (Å²) in [5.74, 6) is -0.348. The molecule has 21 heavy (non-hydrogen) atoms. The first-order chi connectivity index (χ1) is 10.2. The SMILES string of the molecule is O=c1c2ccccc2cc(-c2ccc(F)cc2)n1CCF. The minimum Gasteiger partial charge on any atom is -0.305 e. The number of benzene rings is 2. The van der Waals surface area contributed by atoms with Crippen molar-refractivity contribution in [3.8, 4) is 11.3 Å². The second kappa shape index (κ2) is 5.48. The van der Waals surface area contributed by atoms with Gasteiger partial charge in [-0.05, 0) is 47.3 Å². The Balaban J connectivity index is 2.32. The van der Waals surface area contributed by atoms with E-state index in [1.165, 1.54) is 16.7 Å². The van der Waals surface area contributed by atoms with Crippen LogP contribution in [0.4, 0.5) is 8.78 Å². The minimum atomic E-state index is -0.632. The second-order valence-electron chi connectivity index (χ2n) is 4.77. The third-order valence-electron chi connectivity index (χ3n) is 3.47. The lowest BCUT2D eigenvalue weighted by Crippen LogP contribution is -2.22. The molecule has 0 aliphatic heterocycles. The molecule has 4 heteroatoms. The van der Waals surface area contributed by atoms with Gasteiger partial charge in [0.1, 0.15) is 12.5 Å². The van der Waals surface area contributed by atoms with Crippen molar-refractivity contribution < 1.29 is 8.78 Å². The Morgan fingerprint density at radius 2 is 1.71 bits per heavy atom. The molecule has 3 aromatic rings. The number of nitrogens with zero attached hydrogens (tertiary/aromatic N) is 1. The van der Waals surface area contributed by atoms with Gasteiger partial charge in [0, 0.05) is 5.39 Å². The highest BCUT2D eigenvalue weighted by Crippen LogP contribution is 2.22. The van der Waals surface area contributed by atoms with Crippen LogP contribution in [0.2, 0.25) is 0 Å². The minimum absolute atomic E-state index is 0.0175. The molecule has 0 N–H and O–H groups in total. The van der Waals surface area contributed by atoms with Gasteiger partial charge in [0.05, 0.1) is 12.2 Å². The first-order valence-corrected chi connectivity index (χ1v) is 6.65. The molecule has 0 spiro atoms. The van der Waals surface area contributed by atoms with Crippen LogP contribution in [0.3, 0.4) is 0 Å². The van der Waals surface area contributed by atoms with Crippen LogP contribution in [0.25, 0.3) is 22.0 Å². The summed E-state index contributed by atoms with van der Waals surface area (Å²) in [5.41, 5.74) is 1.05. The zero-order chi connectivity index (χ0) is 14.8. The quantitative estimate of drug-likeness (QED) is 0.718. The first kappa shape index (κ1) is 13.5. The summed E-state index contributed by atoms with van der Waals surface area (Å²) in [6.45, 7) is -0.650. The van der Waals surface area contributed by atoms with E-state index in [0.717, 1.165) is 5.39 Å². The van der Waals surface area contributed by atoms with Crippen molar-refractivity contribution in [3.05, 3.63) is 70.8 Å². The average Bonchev–Trinajstić information content (AvgIpc) is 2.51. The van der Waals surface area contributed by atoms with Crippen molar-refractivity contribution in [1.29, 1.82) is 0 Å². The van der Waals surface area contributed by atoms with Crippen molar-refractivity contribution in [1.82, 2.24) is 4.57 Å². The number of rotatable bonds is 3. The van der Waals surface area contributed by atoms with Crippen molar-refractivity contribution in [2.75, 3.05) is 6.67 Å². The van der Waals surface area contributed by atoms with Crippen LogP contribution >= 0.6 is 0 Å².